The van der Waals surface area contributed by atoms with Gasteiger partial charge in [0.05, 0.1) is 0 Å². The van der Waals surface area contributed by atoms with Crippen LogP contribution in [0.5, 0.6) is 0 Å². The molecule has 3 nitrogen and oxygen atoms in total. The lowest BCUT2D eigenvalue weighted by Gasteiger charge is -2.06. The molecule has 15 heavy (non-hydrogen) atoms. The van der Waals surface area contributed by atoms with Crippen LogP contribution in [0.4, 0.5) is 0 Å². The van der Waals surface area contributed by atoms with Crippen molar-refractivity contribution in [2.24, 2.45) is 5.73 Å². The van der Waals surface area contributed by atoms with E-state index in [0.717, 1.165) is 10.0 Å². The summed E-state index contributed by atoms with van der Waals surface area (Å²) in [6.07, 6.45) is 0.352. The maximum Gasteiger partial charge on any atom is 0.218 e. The monoisotopic (exact) mass is 290 g/mol. The Hall–Kier alpha value is -0.580. The van der Waals surface area contributed by atoms with Gasteiger partial charge in [0.15, 0.2) is 0 Å². The van der Waals surface area contributed by atoms with Crippen LogP contribution in [0.25, 0.3) is 0 Å². The lowest BCUT2D eigenvalue weighted by molar-refractivity contribution is -0.117. The van der Waals surface area contributed by atoms with Gasteiger partial charge in [-0.05, 0) is 17.7 Å². The summed E-state index contributed by atoms with van der Waals surface area (Å²) >= 11 is 9.22. The van der Waals surface area contributed by atoms with E-state index in [-0.39, 0.29) is 5.91 Å². The minimum atomic E-state index is -0.294. The first-order chi connectivity index (χ1) is 7.09. The molecule has 82 valence electrons. The van der Waals surface area contributed by atoms with Crippen LogP contribution in [0.15, 0.2) is 22.7 Å². The molecule has 0 saturated carbocycles. The zero-order valence-corrected chi connectivity index (χ0v) is 10.4. The number of carbonyl (C=O) groups excluding carboxylic acids is 1. The van der Waals surface area contributed by atoms with Crippen LogP contribution >= 0.6 is 27.5 Å². The van der Waals surface area contributed by atoms with Crippen molar-refractivity contribution in [3.8, 4) is 0 Å². The van der Waals surface area contributed by atoms with Crippen molar-refractivity contribution in [1.82, 2.24) is 5.32 Å². The molecule has 0 unspecified atom stereocenters. The molecule has 0 atom stereocenters. The Balaban J connectivity index is 2.40. The van der Waals surface area contributed by atoms with Crippen LogP contribution in [-0.2, 0) is 11.3 Å². The highest BCUT2D eigenvalue weighted by molar-refractivity contribution is 9.10. The second-order valence-electron chi connectivity index (χ2n) is 3.13. The number of benzene rings is 1. The SMILES string of the molecule is NC(=O)CCNCc1ccc(Cl)cc1Br. The van der Waals surface area contributed by atoms with Crippen LogP contribution in [-0.4, -0.2) is 12.5 Å². The van der Waals surface area contributed by atoms with E-state index in [9.17, 15) is 4.79 Å². The lowest BCUT2D eigenvalue weighted by Crippen LogP contribution is -2.21. The normalized spacial score (nSPS) is 10.3. The second-order valence-corrected chi connectivity index (χ2v) is 4.42. The molecule has 1 amide bonds. The average molecular weight is 292 g/mol. The molecule has 0 spiro atoms. The first kappa shape index (κ1) is 12.5. The summed E-state index contributed by atoms with van der Waals surface area (Å²) in [5.74, 6) is -0.294. The van der Waals surface area contributed by atoms with Crippen LogP contribution in [0.1, 0.15) is 12.0 Å². The Bertz CT molecular complexity index is 357. The second kappa shape index (κ2) is 6.10. The van der Waals surface area contributed by atoms with Gasteiger partial charge in [0.25, 0.3) is 0 Å². The number of hydrogen-bond acceptors (Lipinski definition) is 2. The number of nitrogens with one attached hydrogen (secondary N) is 1. The summed E-state index contributed by atoms with van der Waals surface area (Å²) in [5.41, 5.74) is 6.12. The first-order valence-electron chi connectivity index (χ1n) is 4.52. The third kappa shape index (κ3) is 4.64. The van der Waals surface area contributed by atoms with Gasteiger partial charge in [0, 0.05) is 29.0 Å². The van der Waals surface area contributed by atoms with E-state index in [4.69, 9.17) is 17.3 Å². The summed E-state index contributed by atoms with van der Waals surface area (Å²) in [5, 5.41) is 3.82. The molecule has 5 heteroatoms. The van der Waals surface area contributed by atoms with Crippen molar-refractivity contribution in [2.45, 2.75) is 13.0 Å². The minimum absolute atomic E-state index is 0.294. The Kier molecular flexibility index (Phi) is 5.08. The Morgan fingerprint density at radius 3 is 2.87 bits per heavy atom. The van der Waals surface area contributed by atoms with E-state index in [1.54, 1.807) is 0 Å². The maximum absolute atomic E-state index is 10.5. The molecule has 0 saturated heterocycles. The summed E-state index contributed by atoms with van der Waals surface area (Å²) < 4.78 is 0.960. The number of carbonyl (C=O) groups is 1. The number of rotatable bonds is 5. The van der Waals surface area contributed by atoms with Gasteiger partial charge in [-0.3, -0.25) is 4.79 Å². The highest BCUT2D eigenvalue weighted by atomic mass is 79.9. The quantitative estimate of drug-likeness (QED) is 0.816. The van der Waals surface area contributed by atoms with Crippen molar-refractivity contribution in [1.29, 1.82) is 0 Å². The predicted octanol–water partition coefficient (Wildman–Crippen LogP) is 2.07. The van der Waals surface area contributed by atoms with Crippen LogP contribution in [0.3, 0.4) is 0 Å². The summed E-state index contributed by atoms with van der Waals surface area (Å²) in [6.45, 7) is 1.27. The molecule has 1 rings (SSSR count). The average Bonchev–Trinajstić information content (AvgIpc) is 2.14. The number of halogens is 2. The van der Waals surface area contributed by atoms with Gasteiger partial charge in [-0.1, -0.05) is 33.6 Å². The van der Waals surface area contributed by atoms with E-state index in [2.05, 4.69) is 21.2 Å². The number of primary amides is 1. The van der Waals surface area contributed by atoms with Crippen molar-refractivity contribution in [3.63, 3.8) is 0 Å². The molecule has 0 aromatic heterocycles. The van der Waals surface area contributed by atoms with E-state index in [1.165, 1.54) is 0 Å². The molecular formula is C10H12BrClN2O. The topological polar surface area (TPSA) is 55.1 Å². The zero-order valence-electron chi connectivity index (χ0n) is 8.09. The van der Waals surface area contributed by atoms with Crippen LogP contribution in [0.2, 0.25) is 5.02 Å². The van der Waals surface area contributed by atoms with E-state index < -0.39 is 0 Å². The Morgan fingerprint density at radius 2 is 2.27 bits per heavy atom. The van der Waals surface area contributed by atoms with Crippen LogP contribution in [0, 0.1) is 0 Å². The fourth-order valence-electron chi connectivity index (χ4n) is 1.10. The third-order valence-electron chi connectivity index (χ3n) is 1.88. The van der Waals surface area contributed by atoms with Gasteiger partial charge in [-0.25, -0.2) is 0 Å². The highest BCUT2D eigenvalue weighted by Gasteiger charge is 2.00. The Morgan fingerprint density at radius 1 is 1.53 bits per heavy atom. The molecule has 0 radical (unpaired) electrons. The molecule has 3 N–H and O–H groups in total. The molecule has 1 aromatic carbocycles. The summed E-state index contributed by atoms with van der Waals surface area (Å²) in [6, 6.07) is 5.60. The first-order valence-corrected chi connectivity index (χ1v) is 5.69. The maximum atomic E-state index is 10.5. The number of amides is 1. The smallest absolute Gasteiger partial charge is 0.218 e. The van der Waals surface area contributed by atoms with Gasteiger partial charge >= 0.3 is 0 Å². The fourth-order valence-corrected chi connectivity index (χ4v) is 1.92. The molecule has 0 aliphatic heterocycles. The van der Waals surface area contributed by atoms with Crippen molar-refractivity contribution < 1.29 is 4.79 Å². The van der Waals surface area contributed by atoms with Crippen molar-refractivity contribution in [3.05, 3.63) is 33.3 Å². The van der Waals surface area contributed by atoms with E-state index in [0.29, 0.717) is 24.5 Å². The molecular weight excluding hydrogens is 279 g/mol. The fraction of sp³-hybridized carbons (Fsp3) is 0.300. The standard InChI is InChI=1S/C10H12BrClN2O/c11-9-5-8(12)2-1-7(9)6-14-4-3-10(13)15/h1-2,5,14H,3-4,6H2,(H2,13,15). The molecule has 0 heterocycles. The molecule has 0 bridgehead atoms. The third-order valence-corrected chi connectivity index (χ3v) is 2.85. The molecule has 0 aliphatic rings. The van der Waals surface area contributed by atoms with Gasteiger partial charge in [0.2, 0.25) is 5.91 Å². The molecule has 1 aromatic rings. The van der Waals surface area contributed by atoms with Crippen molar-refractivity contribution in [2.75, 3.05) is 6.54 Å². The summed E-state index contributed by atoms with van der Waals surface area (Å²) in [4.78, 5) is 10.5. The van der Waals surface area contributed by atoms with Gasteiger partial charge < -0.3 is 11.1 Å². The van der Waals surface area contributed by atoms with E-state index in [1.807, 2.05) is 18.2 Å². The molecule has 0 fully saturated rings. The number of nitrogens with two attached hydrogens (primary N) is 1. The van der Waals surface area contributed by atoms with Gasteiger partial charge in [-0.2, -0.15) is 0 Å². The van der Waals surface area contributed by atoms with Gasteiger partial charge in [-0.15, -0.1) is 0 Å². The molecule has 0 aliphatic carbocycles. The number of hydrogen-bond donors (Lipinski definition) is 2. The summed E-state index contributed by atoms with van der Waals surface area (Å²) in [7, 11) is 0. The Labute approximate surface area is 102 Å². The predicted molar refractivity (Wildman–Crippen MR) is 64.7 cm³/mol. The zero-order chi connectivity index (χ0) is 11.3. The van der Waals surface area contributed by atoms with E-state index >= 15 is 0 Å². The highest BCUT2D eigenvalue weighted by Crippen LogP contribution is 2.21. The lowest BCUT2D eigenvalue weighted by atomic mass is 10.2. The minimum Gasteiger partial charge on any atom is -0.370 e. The van der Waals surface area contributed by atoms with Crippen molar-refractivity contribution >= 4 is 33.4 Å². The largest absolute Gasteiger partial charge is 0.370 e. The van der Waals surface area contributed by atoms with Crippen LogP contribution < -0.4 is 11.1 Å². The van der Waals surface area contributed by atoms with Gasteiger partial charge in [0.1, 0.15) is 0 Å².